The number of amides is 2. The monoisotopic (exact) mass is 294 g/mol. The summed E-state index contributed by atoms with van der Waals surface area (Å²) in [5.74, 6) is -0.359. The van der Waals surface area contributed by atoms with Crippen LogP contribution in [0.1, 0.15) is 33.8 Å². The maximum atomic E-state index is 12.4. The number of hydrogen-bond donors (Lipinski definition) is 2. The van der Waals surface area contributed by atoms with Crippen LogP contribution in [0.15, 0.2) is 48.5 Å². The van der Waals surface area contributed by atoms with Crippen LogP contribution >= 0.6 is 0 Å². The van der Waals surface area contributed by atoms with Crippen molar-refractivity contribution in [2.24, 2.45) is 11.7 Å². The molecule has 4 heteroatoms. The highest BCUT2D eigenvalue weighted by Crippen LogP contribution is 2.47. The number of aryl methyl sites for hydroxylation is 1. The molecule has 1 aliphatic carbocycles. The van der Waals surface area contributed by atoms with Crippen LogP contribution in [-0.4, -0.2) is 11.8 Å². The van der Waals surface area contributed by atoms with Crippen molar-refractivity contribution in [1.82, 2.24) is 0 Å². The fourth-order valence-corrected chi connectivity index (χ4v) is 2.75. The molecular formula is C18H18N2O2. The molecule has 3 rings (SSSR count). The van der Waals surface area contributed by atoms with Gasteiger partial charge in [-0.15, -0.1) is 0 Å². The molecule has 2 aromatic carbocycles. The van der Waals surface area contributed by atoms with Crippen molar-refractivity contribution in [3.05, 3.63) is 65.2 Å². The second-order valence-electron chi connectivity index (χ2n) is 5.76. The average molecular weight is 294 g/mol. The second kappa shape index (κ2) is 5.64. The Hall–Kier alpha value is -2.62. The Bertz CT molecular complexity index is 725. The lowest BCUT2D eigenvalue weighted by atomic mass is 10.1. The lowest BCUT2D eigenvalue weighted by molar-refractivity contribution is -0.117. The first-order valence-electron chi connectivity index (χ1n) is 7.32. The third-order valence-corrected chi connectivity index (χ3v) is 4.05. The van der Waals surface area contributed by atoms with Gasteiger partial charge in [-0.2, -0.15) is 0 Å². The molecule has 2 aromatic rings. The van der Waals surface area contributed by atoms with E-state index in [0.29, 0.717) is 11.3 Å². The smallest absolute Gasteiger partial charge is 0.250 e. The van der Waals surface area contributed by atoms with Gasteiger partial charge in [0, 0.05) is 5.92 Å². The molecule has 2 amide bonds. The Labute approximate surface area is 129 Å². The van der Waals surface area contributed by atoms with Gasteiger partial charge in [0.25, 0.3) is 5.91 Å². The molecule has 3 N–H and O–H groups in total. The molecule has 112 valence electrons. The van der Waals surface area contributed by atoms with Crippen molar-refractivity contribution in [2.45, 2.75) is 19.3 Å². The SMILES string of the molecule is Cc1ccc(NC(=O)[C@@H]2C[C@H]2c2ccccc2)c(C(N)=O)c1. The Kier molecular flexibility index (Phi) is 3.67. The van der Waals surface area contributed by atoms with Crippen LogP contribution in [0.25, 0.3) is 0 Å². The molecule has 0 radical (unpaired) electrons. The first kappa shape index (κ1) is 14.3. The molecule has 22 heavy (non-hydrogen) atoms. The highest BCUT2D eigenvalue weighted by atomic mass is 16.2. The van der Waals surface area contributed by atoms with Crippen LogP contribution in [0.2, 0.25) is 0 Å². The summed E-state index contributed by atoms with van der Waals surface area (Å²) < 4.78 is 0. The molecule has 0 saturated heterocycles. The van der Waals surface area contributed by atoms with Crippen LogP contribution in [0.4, 0.5) is 5.69 Å². The van der Waals surface area contributed by atoms with Crippen molar-refractivity contribution in [3.8, 4) is 0 Å². The number of nitrogens with one attached hydrogen (secondary N) is 1. The van der Waals surface area contributed by atoms with Gasteiger partial charge in [-0.25, -0.2) is 0 Å². The van der Waals surface area contributed by atoms with E-state index in [9.17, 15) is 9.59 Å². The molecule has 0 unspecified atom stereocenters. The molecule has 0 bridgehead atoms. The highest BCUT2D eigenvalue weighted by molar-refractivity contribution is 6.04. The fraction of sp³-hybridized carbons (Fsp3) is 0.222. The average Bonchev–Trinajstić information content (AvgIpc) is 3.30. The molecule has 1 fully saturated rings. The van der Waals surface area contributed by atoms with E-state index in [1.54, 1.807) is 12.1 Å². The van der Waals surface area contributed by atoms with Crippen molar-refractivity contribution < 1.29 is 9.59 Å². The predicted molar refractivity (Wildman–Crippen MR) is 85.6 cm³/mol. The predicted octanol–water partition coefficient (Wildman–Crippen LogP) is 2.84. The third-order valence-electron chi connectivity index (χ3n) is 4.05. The van der Waals surface area contributed by atoms with Crippen LogP contribution in [-0.2, 0) is 4.79 Å². The van der Waals surface area contributed by atoms with Gasteiger partial charge in [-0.3, -0.25) is 9.59 Å². The molecule has 4 nitrogen and oxygen atoms in total. The number of nitrogens with two attached hydrogens (primary N) is 1. The summed E-state index contributed by atoms with van der Waals surface area (Å²) in [6.45, 7) is 1.88. The molecule has 0 spiro atoms. The Balaban J connectivity index is 1.73. The van der Waals surface area contributed by atoms with Gasteiger partial charge >= 0.3 is 0 Å². The summed E-state index contributed by atoms with van der Waals surface area (Å²) >= 11 is 0. The molecule has 0 heterocycles. The van der Waals surface area contributed by atoms with Gasteiger partial charge in [0.15, 0.2) is 0 Å². The number of carbonyl (C=O) groups is 2. The van der Waals surface area contributed by atoms with Gasteiger partial charge < -0.3 is 11.1 Å². The first-order valence-corrected chi connectivity index (χ1v) is 7.32. The van der Waals surface area contributed by atoms with Crippen LogP contribution in [0, 0.1) is 12.8 Å². The number of rotatable bonds is 4. The molecular weight excluding hydrogens is 276 g/mol. The molecule has 0 aliphatic heterocycles. The first-order chi connectivity index (χ1) is 10.6. The van der Waals surface area contributed by atoms with E-state index in [-0.39, 0.29) is 17.7 Å². The van der Waals surface area contributed by atoms with Gasteiger partial charge in [-0.05, 0) is 37.0 Å². The lowest BCUT2D eigenvalue weighted by Crippen LogP contribution is -2.19. The highest BCUT2D eigenvalue weighted by Gasteiger charge is 2.43. The van der Waals surface area contributed by atoms with E-state index in [2.05, 4.69) is 5.32 Å². The topological polar surface area (TPSA) is 72.2 Å². The van der Waals surface area contributed by atoms with Crippen molar-refractivity contribution in [1.29, 1.82) is 0 Å². The summed E-state index contributed by atoms with van der Waals surface area (Å²) in [6, 6.07) is 15.3. The number of primary amides is 1. The van der Waals surface area contributed by atoms with Gasteiger partial charge in [0.1, 0.15) is 0 Å². The van der Waals surface area contributed by atoms with E-state index in [0.717, 1.165) is 12.0 Å². The maximum absolute atomic E-state index is 12.4. The van der Waals surface area contributed by atoms with Crippen molar-refractivity contribution >= 4 is 17.5 Å². The molecule has 0 aromatic heterocycles. The van der Waals surface area contributed by atoms with Crippen molar-refractivity contribution in [3.63, 3.8) is 0 Å². The zero-order chi connectivity index (χ0) is 15.7. The zero-order valence-electron chi connectivity index (χ0n) is 12.4. The molecule has 1 aliphatic rings. The number of hydrogen-bond acceptors (Lipinski definition) is 2. The van der Waals surface area contributed by atoms with Crippen LogP contribution in [0.5, 0.6) is 0 Å². The Morgan fingerprint density at radius 1 is 1.14 bits per heavy atom. The summed E-state index contributed by atoms with van der Waals surface area (Å²) in [4.78, 5) is 23.9. The minimum Gasteiger partial charge on any atom is -0.366 e. The number of benzene rings is 2. The van der Waals surface area contributed by atoms with E-state index in [1.807, 2.05) is 43.3 Å². The minimum absolute atomic E-state index is 0.0376. The third kappa shape index (κ3) is 2.86. The van der Waals surface area contributed by atoms with Crippen LogP contribution in [0.3, 0.4) is 0 Å². The van der Waals surface area contributed by atoms with Gasteiger partial charge in [0.05, 0.1) is 11.3 Å². The van der Waals surface area contributed by atoms with E-state index < -0.39 is 5.91 Å². The standard InChI is InChI=1S/C18H18N2O2/c1-11-7-8-16(15(9-11)17(19)21)20-18(22)14-10-13(14)12-5-3-2-4-6-12/h2-9,13-14H,10H2,1H3,(H2,19,21)(H,20,22)/t13-,14+/m0/s1. The summed E-state index contributed by atoms with van der Waals surface area (Å²) in [7, 11) is 0. The number of carbonyl (C=O) groups excluding carboxylic acids is 2. The number of anilines is 1. The second-order valence-corrected chi connectivity index (χ2v) is 5.76. The maximum Gasteiger partial charge on any atom is 0.250 e. The normalized spacial score (nSPS) is 19.5. The van der Waals surface area contributed by atoms with Crippen molar-refractivity contribution in [2.75, 3.05) is 5.32 Å². The Morgan fingerprint density at radius 2 is 1.86 bits per heavy atom. The quantitative estimate of drug-likeness (QED) is 0.910. The Morgan fingerprint density at radius 3 is 2.55 bits per heavy atom. The fourth-order valence-electron chi connectivity index (χ4n) is 2.75. The van der Waals surface area contributed by atoms with E-state index in [4.69, 9.17) is 5.73 Å². The summed E-state index contributed by atoms with van der Waals surface area (Å²) in [6.07, 6.45) is 0.841. The minimum atomic E-state index is -0.533. The summed E-state index contributed by atoms with van der Waals surface area (Å²) in [5, 5.41) is 2.84. The van der Waals surface area contributed by atoms with E-state index in [1.165, 1.54) is 5.56 Å². The zero-order valence-corrected chi connectivity index (χ0v) is 12.4. The summed E-state index contributed by atoms with van der Waals surface area (Å²) in [5.41, 5.74) is 8.33. The lowest BCUT2D eigenvalue weighted by Gasteiger charge is -2.10. The van der Waals surface area contributed by atoms with E-state index >= 15 is 0 Å². The largest absolute Gasteiger partial charge is 0.366 e. The van der Waals surface area contributed by atoms with Gasteiger partial charge in [-0.1, -0.05) is 42.0 Å². The molecule has 1 saturated carbocycles. The van der Waals surface area contributed by atoms with Gasteiger partial charge in [0.2, 0.25) is 5.91 Å². The molecule has 2 atom stereocenters. The van der Waals surface area contributed by atoms with Crippen LogP contribution < -0.4 is 11.1 Å².